The lowest BCUT2D eigenvalue weighted by molar-refractivity contribution is -0.151. The molecule has 204 valence electrons. The number of rotatable bonds is 11. The molecule has 6 rings (SSSR count). The monoisotopic (exact) mass is 529 g/mol. The van der Waals surface area contributed by atoms with Crippen LogP contribution in [0.3, 0.4) is 0 Å². The van der Waals surface area contributed by atoms with Crippen LogP contribution in [0.15, 0.2) is 65.8 Å². The first kappa shape index (κ1) is 26.5. The summed E-state index contributed by atoms with van der Waals surface area (Å²) >= 11 is 0. The molecule has 39 heavy (non-hydrogen) atoms. The Labute approximate surface area is 228 Å². The van der Waals surface area contributed by atoms with Crippen LogP contribution in [0.25, 0.3) is 0 Å². The van der Waals surface area contributed by atoms with E-state index in [1.165, 1.54) is 11.7 Å². The van der Waals surface area contributed by atoms with E-state index >= 15 is 0 Å². The highest BCUT2D eigenvalue weighted by Gasteiger charge is 2.50. The Bertz CT molecular complexity index is 1310. The van der Waals surface area contributed by atoms with Crippen LogP contribution < -0.4 is 15.4 Å². The van der Waals surface area contributed by atoms with Crippen molar-refractivity contribution in [1.29, 1.82) is 0 Å². The van der Waals surface area contributed by atoms with Crippen LogP contribution >= 0.6 is 0 Å². The Hall–Kier alpha value is -4.09. The van der Waals surface area contributed by atoms with Crippen LogP contribution in [-0.2, 0) is 11.8 Å². The van der Waals surface area contributed by atoms with Crippen molar-refractivity contribution in [3.05, 3.63) is 72.2 Å². The predicted octanol–water partition coefficient (Wildman–Crippen LogP) is 3.07. The molecule has 2 aromatic carbocycles. The van der Waals surface area contributed by atoms with E-state index in [2.05, 4.69) is 71.8 Å². The van der Waals surface area contributed by atoms with Gasteiger partial charge in [0, 0.05) is 57.5 Å². The fourth-order valence-corrected chi connectivity index (χ4v) is 5.66. The zero-order chi connectivity index (χ0) is 27.4. The molecule has 11 nitrogen and oxygen atoms in total. The molecular weight excluding hydrogens is 494 g/mol. The maximum absolute atomic E-state index is 11.5. The lowest BCUT2D eigenvalue weighted by Gasteiger charge is -2.59. The first-order valence-corrected chi connectivity index (χ1v) is 13.1. The number of amides is 1. The Morgan fingerprint density at radius 2 is 2.00 bits per heavy atom. The van der Waals surface area contributed by atoms with E-state index in [9.17, 15) is 4.79 Å². The number of aryl methyl sites for hydroxylation is 1. The standard InChI is InChI=1S/C28H35N9O2/c1-19(38)31-21-12-13-25(24(15-21)30-3)39-26(11-8-14-29-2)37-22-16-23(37)18-36(17-22)27(20-9-6-5-7-10-20)28-32-34-35(4)33-28/h5-10,12-15,22-23,26-27,30H,2,11,16-18H2,1,3-4H3,(H,31,38)/b14-8-. The van der Waals surface area contributed by atoms with Gasteiger partial charge in [-0.1, -0.05) is 36.4 Å². The van der Waals surface area contributed by atoms with Crippen molar-refractivity contribution in [2.24, 2.45) is 12.0 Å². The summed E-state index contributed by atoms with van der Waals surface area (Å²) in [6.45, 7) is 6.78. The Balaban J connectivity index is 1.36. The largest absolute Gasteiger partial charge is 0.473 e. The molecule has 2 bridgehead atoms. The number of ether oxygens (including phenoxy) is 1. The van der Waals surface area contributed by atoms with E-state index in [0.29, 0.717) is 30.0 Å². The number of aromatic nitrogens is 4. The molecule has 4 heterocycles. The third kappa shape index (κ3) is 5.84. The van der Waals surface area contributed by atoms with Crippen molar-refractivity contribution < 1.29 is 9.53 Å². The first-order chi connectivity index (χ1) is 19.0. The summed E-state index contributed by atoms with van der Waals surface area (Å²) in [5.41, 5.74) is 2.68. The average Bonchev–Trinajstić information content (AvgIpc) is 3.35. The molecule has 3 aliphatic rings. The second-order valence-corrected chi connectivity index (χ2v) is 9.91. The summed E-state index contributed by atoms with van der Waals surface area (Å²) in [4.78, 5) is 21.8. The molecule has 3 fully saturated rings. The van der Waals surface area contributed by atoms with Crippen molar-refractivity contribution in [1.82, 2.24) is 30.0 Å². The van der Waals surface area contributed by atoms with Gasteiger partial charge < -0.3 is 15.4 Å². The van der Waals surface area contributed by atoms with Gasteiger partial charge in [0.15, 0.2) is 12.1 Å². The number of nitrogens with zero attached hydrogens (tertiary/aromatic N) is 7. The van der Waals surface area contributed by atoms with Gasteiger partial charge in [-0.05, 0) is 42.1 Å². The van der Waals surface area contributed by atoms with E-state index in [1.54, 1.807) is 13.2 Å². The molecule has 4 atom stereocenters. The number of hydrogen-bond acceptors (Lipinski definition) is 9. The number of piperidine rings is 1. The summed E-state index contributed by atoms with van der Waals surface area (Å²) in [6.07, 6.45) is 5.29. The highest BCUT2D eigenvalue weighted by atomic mass is 16.5. The van der Waals surface area contributed by atoms with Crippen LogP contribution in [-0.4, -0.2) is 81.1 Å². The quantitative estimate of drug-likeness (QED) is 0.365. The van der Waals surface area contributed by atoms with E-state index in [1.807, 2.05) is 37.4 Å². The molecule has 2 N–H and O–H groups in total. The Morgan fingerprint density at radius 3 is 2.64 bits per heavy atom. The van der Waals surface area contributed by atoms with Gasteiger partial charge in [-0.15, -0.1) is 10.2 Å². The number of nitrogens with one attached hydrogen (secondary N) is 2. The number of aliphatic imine (C=N–C) groups is 1. The Kier molecular flexibility index (Phi) is 7.99. The molecule has 0 spiro atoms. The molecule has 0 radical (unpaired) electrons. The number of fused-ring (bicyclic) bond motifs is 2. The number of tetrazole rings is 1. The van der Waals surface area contributed by atoms with Gasteiger partial charge in [0.05, 0.1) is 18.8 Å². The molecule has 3 aliphatic heterocycles. The van der Waals surface area contributed by atoms with Crippen LogP contribution in [0.2, 0.25) is 0 Å². The summed E-state index contributed by atoms with van der Waals surface area (Å²) in [6, 6.07) is 16.6. The normalized spacial score (nSPS) is 20.7. The fourth-order valence-electron chi connectivity index (χ4n) is 5.66. The SMILES string of the molecule is C=N/C=C\CC(Oc1ccc(NC(C)=O)cc1NC)N1C2CC1CN(C(c1ccccc1)c1nnn(C)n1)C2. The average molecular weight is 530 g/mol. The molecule has 0 saturated carbocycles. The third-order valence-corrected chi connectivity index (χ3v) is 7.24. The van der Waals surface area contributed by atoms with Crippen LogP contribution in [0.4, 0.5) is 11.4 Å². The molecule has 1 amide bonds. The lowest BCUT2D eigenvalue weighted by Crippen LogP contribution is -2.72. The molecular formula is C28H35N9O2. The van der Waals surface area contributed by atoms with E-state index in [4.69, 9.17) is 4.74 Å². The minimum Gasteiger partial charge on any atom is -0.473 e. The van der Waals surface area contributed by atoms with Crippen LogP contribution in [0.5, 0.6) is 5.75 Å². The number of benzene rings is 2. The van der Waals surface area contributed by atoms with Gasteiger partial charge >= 0.3 is 0 Å². The predicted molar refractivity (Wildman–Crippen MR) is 151 cm³/mol. The first-order valence-electron chi connectivity index (χ1n) is 13.1. The van der Waals surface area contributed by atoms with Crippen molar-refractivity contribution in [2.45, 2.75) is 44.1 Å². The zero-order valence-electron chi connectivity index (χ0n) is 22.6. The molecule has 3 saturated heterocycles. The van der Waals surface area contributed by atoms with E-state index in [0.717, 1.165) is 36.5 Å². The van der Waals surface area contributed by atoms with Gasteiger partial charge in [-0.2, -0.15) is 4.80 Å². The van der Waals surface area contributed by atoms with Crippen molar-refractivity contribution in [3.63, 3.8) is 0 Å². The minimum atomic E-state index is -0.183. The highest BCUT2D eigenvalue weighted by Crippen LogP contribution is 2.41. The fraction of sp³-hybridized carbons (Fsp3) is 0.393. The smallest absolute Gasteiger partial charge is 0.221 e. The van der Waals surface area contributed by atoms with E-state index < -0.39 is 0 Å². The number of hydrogen-bond donors (Lipinski definition) is 2. The van der Waals surface area contributed by atoms with Gasteiger partial charge in [-0.3, -0.25) is 19.6 Å². The minimum absolute atomic E-state index is 0.0613. The maximum atomic E-state index is 11.5. The van der Waals surface area contributed by atoms with E-state index in [-0.39, 0.29) is 18.2 Å². The molecule has 0 aliphatic carbocycles. The van der Waals surface area contributed by atoms with Crippen molar-refractivity contribution in [2.75, 3.05) is 30.8 Å². The number of piperazine rings is 1. The maximum Gasteiger partial charge on any atom is 0.221 e. The van der Waals surface area contributed by atoms with Crippen molar-refractivity contribution in [3.8, 4) is 5.75 Å². The summed E-state index contributed by atoms with van der Waals surface area (Å²) in [5, 5.41) is 19.1. The third-order valence-electron chi connectivity index (χ3n) is 7.24. The molecule has 1 aromatic heterocycles. The van der Waals surface area contributed by atoms with Crippen LogP contribution in [0, 0.1) is 0 Å². The second-order valence-electron chi connectivity index (χ2n) is 9.91. The van der Waals surface area contributed by atoms with Gasteiger partial charge in [0.2, 0.25) is 5.91 Å². The van der Waals surface area contributed by atoms with Crippen molar-refractivity contribution >= 4 is 24.0 Å². The molecule has 11 heteroatoms. The lowest BCUT2D eigenvalue weighted by atomic mass is 9.85. The van der Waals surface area contributed by atoms with Crippen LogP contribution in [0.1, 0.15) is 37.2 Å². The van der Waals surface area contributed by atoms with Gasteiger partial charge in [0.1, 0.15) is 5.75 Å². The number of anilines is 2. The summed E-state index contributed by atoms with van der Waals surface area (Å²) in [7, 11) is 3.64. The summed E-state index contributed by atoms with van der Waals surface area (Å²) < 4.78 is 6.63. The topological polar surface area (TPSA) is 113 Å². The zero-order valence-corrected chi connectivity index (χ0v) is 22.6. The Morgan fingerprint density at radius 1 is 1.23 bits per heavy atom. The molecule has 3 aromatic rings. The molecule has 4 unspecified atom stereocenters. The van der Waals surface area contributed by atoms with Gasteiger partial charge in [0.25, 0.3) is 0 Å². The van der Waals surface area contributed by atoms with Gasteiger partial charge in [-0.25, -0.2) is 0 Å². The highest BCUT2D eigenvalue weighted by molar-refractivity contribution is 5.89. The second kappa shape index (κ2) is 11.7. The summed E-state index contributed by atoms with van der Waals surface area (Å²) in [5.74, 6) is 1.32. The number of carbonyl (C=O) groups is 1. The number of carbonyl (C=O) groups excluding carboxylic acids is 1.